The largest absolute Gasteiger partial charge is 0.493 e. The topological polar surface area (TPSA) is 76.7 Å². The Morgan fingerprint density at radius 3 is 2.13 bits per heavy atom. The Bertz CT molecular complexity index is 1020. The van der Waals surface area contributed by atoms with Crippen LogP contribution in [-0.2, 0) is 16.0 Å². The summed E-state index contributed by atoms with van der Waals surface area (Å²) in [4.78, 5) is 24.4. The van der Waals surface area contributed by atoms with E-state index in [-0.39, 0.29) is 30.7 Å². The van der Waals surface area contributed by atoms with Crippen molar-refractivity contribution in [1.82, 2.24) is 0 Å². The summed E-state index contributed by atoms with van der Waals surface area (Å²) >= 11 is 0. The molecule has 2 amide bonds. The molecule has 0 saturated heterocycles. The van der Waals surface area contributed by atoms with Gasteiger partial charge in [0.1, 0.15) is 5.82 Å². The highest BCUT2D eigenvalue weighted by Crippen LogP contribution is 2.25. The Balaban J connectivity index is 1.53. The van der Waals surface area contributed by atoms with E-state index in [4.69, 9.17) is 9.47 Å². The van der Waals surface area contributed by atoms with Crippen LogP contribution >= 0.6 is 0 Å². The van der Waals surface area contributed by atoms with Gasteiger partial charge in [0, 0.05) is 11.4 Å². The average molecular weight is 408 g/mol. The second-order valence-corrected chi connectivity index (χ2v) is 6.42. The molecule has 0 aliphatic rings. The van der Waals surface area contributed by atoms with E-state index in [0.717, 1.165) is 0 Å². The summed E-state index contributed by atoms with van der Waals surface area (Å²) < 4.78 is 23.6. The van der Waals surface area contributed by atoms with Crippen LogP contribution in [-0.4, -0.2) is 25.5 Å². The number of carbonyl (C=O) groups excluding carboxylic acids is 2. The maximum absolute atomic E-state index is 13.0. The summed E-state index contributed by atoms with van der Waals surface area (Å²) in [6, 6.07) is 19.6. The number of carbonyl (C=O) groups is 2. The van der Waals surface area contributed by atoms with E-state index in [9.17, 15) is 14.0 Å². The minimum Gasteiger partial charge on any atom is -0.493 e. The number of hydrogen-bond acceptors (Lipinski definition) is 4. The maximum atomic E-state index is 13.0. The zero-order chi connectivity index (χ0) is 21.3. The maximum Gasteiger partial charge on any atom is 0.262 e. The third kappa shape index (κ3) is 6.07. The fourth-order valence-corrected chi connectivity index (χ4v) is 2.75. The molecule has 6 nitrogen and oxygen atoms in total. The zero-order valence-electron chi connectivity index (χ0n) is 16.4. The molecular formula is C23H21FN2O4. The second-order valence-electron chi connectivity index (χ2n) is 6.42. The molecule has 3 rings (SSSR count). The van der Waals surface area contributed by atoms with Gasteiger partial charge in [-0.2, -0.15) is 0 Å². The lowest BCUT2D eigenvalue weighted by Gasteiger charge is -2.11. The van der Waals surface area contributed by atoms with Gasteiger partial charge in [-0.3, -0.25) is 9.59 Å². The first-order chi connectivity index (χ1) is 14.5. The van der Waals surface area contributed by atoms with E-state index in [1.807, 2.05) is 6.07 Å². The average Bonchev–Trinajstić information content (AvgIpc) is 2.74. The predicted molar refractivity (Wildman–Crippen MR) is 112 cm³/mol. The van der Waals surface area contributed by atoms with E-state index in [1.54, 1.807) is 54.6 Å². The van der Waals surface area contributed by atoms with Gasteiger partial charge in [-0.25, -0.2) is 4.39 Å². The van der Waals surface area contributed by atoms with E-state index < -0.39 is 0 Å². The smallest absolute Gasteiger partial charge is 0.262 e. The van der Waals surface area contributed by atoms with Crippen molar-refractivity contribution in [2.45, 2.75) is 6.42 Å². The van der Waals surface area contributed by atoms with E-state index >= 15 is 0 Å². The van der Waals surface area contributed by atoms with Gasteiger partial charge in [0.25, 0.3) is 5.91 Å². The number of anilines is 2. The van der Waals surface area contributed by atoms with Gasteiger partial charge >= 0.3 is 0 Å². The molecular weight excluding hydrogens is 387 g/mol. The molecule has 154 valence electrons. The van der Waals surface area contributed by atoms with Crippen LogP contribution in [0.2, 0.25) is 0 Å². The zero-order valence-corrected chi connectivity index (χ0v) is 16.4. The number of methoxy groups -OCH3 is 1. The summed E-state index contributed by atoms with van der Waals surface area (Å²) in [7, 11) is 1.53. The summed E-state index contributed by atoms with van der Waals surface area (Å²) in [5.41, 5.74) is 1.75. The molecule has 0 fully saturated rings. The Hall–Kier alpha value is -3.87. The summed E-state index contributed by atoms with van der Waals surface area (Å²) in [5, 5.41) is 5.48. The van der Waals surface area contributed by atoms with Crippen LogP contribution in [0, 0.1) is 5.82 Å². The van der Waals surface area contributed by atoms with Crippen LogP contribution < -0.4 is 20.1 Å². The highest BCUT2D eigenvalue weighted by molar-refractivity contribution is 5.95. The van der Waals surface area contributed by atoms with Crippen molar-refractivity contribution in [2.75, 3.05) is 24.4 Å². The molecule has 0 heterocycles. The number of hydrogen-bond donors (Lipinski definition) is 2. The van der Waals surface area contributed by atoms with Gasteiger partial charge in [-0.05, 0) is 48.0 Å². The molecule has 0 spiro atoms. The molecule has 0 unspecified atom stereocenters. The molecule has 0 bridgehead atoms. The quantitative estimate of drug-likeness (QED) is 0.590. The SMILES string of the molecule is COc1ccccc1OCC(=O)Nc1cccc(NC(=O)Cc2ccc(F)cc2)c1. The molecule has 2 N–H and O–H groups in total. The number of rotatable bonds is 8. The highest BCUT2D eigenvalue weighted by Gasteiger charge is 2.09. The molecule has 30 heavy (non-hydrogen) atoms. The molecule has 3 aromatic rings. The number of amides is 2. The first-order valence-corrected chi connectivity index (χ1v) is 9.23. The summed E-state index contributed by atoms with van der Waals surface area (Å²) in [5.74, 6) is 0.0608. The molecule has 0 aliphatic heterocycles. The molecule has 3 aromatic carbocycles. The van der Waals surface area contributed by atoms with Gasteiger partial charge in [0.2, 0.25) is 5.91 Å². The van der Waals surface area contributed by atoms with Gasteiger partial charge in [0.15, 0.2) is 18.1 Å². The molecule has 7 heteroatoms. The number of nitrogens with one attached hydrogen (secondary N) is 2. The highest BCUT2D eigenvalue weighted by atomic mass is 19.1. The number of halogens is 1. The number of ether oxygens (including phenoxy) is 2. The monoisotopic (exact) mass is 408 g/mol. The predicted octanol–water partition coefficient (Wildman–Crippen LogP) is 4.03. The van der Waals surface area contributed by atoms with Gasteiger partial charge in [-0.15, -0.1) is 0 Å². The second kappa shape index (κ2) is 10.1. The van der Waals surface area contributed by atoms with Crippen LogP contribution in [0.25, 0.3) is 0 Å². The Labute approximate surface area is 173 Å². The lowest BCUT2D eigenvalue weighted by Crippen LogP contribution is -2.20. The van der Waals surface area contributed by atoms with Crippen molar-refractivity contribution in [1.29, 1.82) is 0 Å². The Kier molecular flexibility index (Phi) is 7.00. The molecule has 0 aliphatic carbocycles. The van der Waals surface area contributed by atoms with Crippen LogP contribution in [0.3, 0.4) is 0 Å². The van der Waals surface area contributed by atoms with E-state index in [1.165, 1.54) is 19.2 Å². The normalized spacial score (nSPS) is 10.2. The molecule has 0 saturated carbocycles. The minimum atomic E-state index is -0.351. The first kappa shape index (κ1) is 20.9. The Morgan fingerprint density at radius 1 is 0.833 bits per heavy atom. The van der Waals surface area contributed by atoms with Crippen LogP contribution in [0.5, 0.6) is 11.5 Å². The minimum absolute atomic E-state index is 0.115. The van der Waals surface area contributed by atoms with Crippen molar-refractivity contribution in [3.8, 4) is 11.5 Å². The van der Waals surface area contributed by atoms with Crippen LogP contribution in [0.15, 0.2) is 72.8 Å². The van der Waals surface area contributed by atoms with E-state index in [2.05, 4.69) is 10.6 Å². The van der Waals surface area contributed by atoms with Gasteiger partial charge in [0.05, 0.1) is 13.5 Å². The van der Waals surface area contributed by atoms with Crippen molar-refractivity contribution < 1.29 is 23.5 Å². The third-order valence-electron chi connectivity index (χ3n) is 4.14. The third-order valence-corrected chi connectivity index (χ3v) is 4.14. The van der Waals surface area contributed by atoms with Crippen molar-refractivity contribution >= 4 is 23.2 Å². The van der Waals surface area contributed by atoms with Gasteiger partial charge in [-0.1, -0.05) is 30.3 Å². The Morgan fingerprint density at radius 2 is 1.47 bits per heavy atom. The first-order valence-electron chi connectivity index (χ1n) is 9.23. The number of para-hydroxylation sites is 2. The van der Waals surface area contributed by atoms with Crippen molar-refractivity contribution in [2.24, 2.45) is 0 Å². The summed E-state index contributed by atoms with van der Waals surface area (Å²) in [6.45, 7) is -0.193. The van der Waals surface area contributed by atoms with Crippen molar-refractivity contribution in [3.63, 3.8) is 0 Å². The van der Waals surface area contributed by atoms with Gasteiger partial charge < -0.3 is 20.1 Å². The fourth-order valence-electron chi connectivity index (χ4n) is 2.75. The lowest BCUT2D eigenvalue weighted by atomic mass is 10.1. The van der Waals surface area contributed by atoms with Crippen molar-refractivity contribution in [3.05, 3.63) is 84.2 Å². The summed E-state index contributed by atoms with van der Waals surface area (Å²) in [6.07, 6.45) is 0.115. The standard InChI is InChI=1S/C23H21FN2O4/c1-29-20-7-2-3-8-21(20)30-15-23(28)26-19-6-4-5-18(14-19)25-22(27)13-16-9-11-17(24)12-10-16/h2-12,14H,13,15H2,1H3,(H,25,27)(H,26,28). The number of benzene rings is 3. The lowest BCUT2D eigenvalue weighted by molar-refractivity contribution is -0.118. The van der Waals surface area contributed by atoms with Crippen LogP contribution in [0.4, 0.5) is 15.8 Å². The fraction of sp³-hybridized carbons (Fsp3) is 0.130. The van der Waals surface area contributed by atoms with Crippen LogP contribution in [0.1, 0.15) is 5.56 Å². The molecule has 0 aromatic heterocycles. The molecule has 0 radical (unpaired) electrons. The van der Waals surface area contributed by atoms with E-state index in [0.29, 0.717) is 28.4 Å². The molecule has 0 atom stereocenters.